The smallest absolute Gasteiger partial charge is 0.269 e. The van der Waals surface area contributed by atoms with Crippen LogP contribution in [0.25, 0.3) is 5.65 Å². The molecule has 4 rings (SSSR count). The Kier molecular flexibility index (Phi) is 6.77. The minimum Gasteiger partial charge on any atom is -0.345 e. The number of alkyl halides is 4. The van der Waals surface area contributed by atoms with Gasteiger partial charge in [-0.3, -0.25) is 14.3 Å². The predicted molar refractivity (Wildman–Crippen MR) is 116 cm³/mol. The molecule has 1 saturated carbocycles. The van der Waals surface area contributed by atoms with Crippen LogP contribution in [0.1, 0.15) is 66.9 Å². The molecular formula is C22H25F4N7O2. The first-order chi connectivity index (χ1) is 16.5. The summed E-state index contributed by atoms with van der Waals surface area (Å²) in [5.41, 5.74) is 1.12. The van der Waals surface area contributed by atoms with Crippen LogP contribution in [0.4, 0.5) is 17.6 Å². The largest absolute Gasteiger partial charge is 0.345 e. The van der Waals surface area contributed by atoms with E-state index in [0.29, 0.717) is 11.4 Å². The van der Waals surface area contributed by atoms with Crippen LogP contribution in [0.5, 0.6) is 0 Å². The molecule has 1 fully saturated rings. The number of aromatic nitrogens is 5. The fourth-order valence-electron chi connectivity index (χ4n) is 4.08. The van der Waals surface area contributed by atoms with Crippen LogP contribution < -0.4 is 10.6 Å². The predicted octanol–water partition coefficient (Wildman–Crippen LogP) is 3.29. The zero-order valence-corrected chi connectivity index (χ0v) is 19.1. The number of nitrogens with one attached hydrogen (secondary N) is 2. The summed E-state index contributed by atoms with van der Waals surface area (Å²) in [7, 11) is 0. The molecule has 0 spiro atoms. The Balaban J connectivity index is 1.41. The Morgan fingerprint density at radius 3 is 2.63 bits per heavy atom. The van der Waals surface area contributed by atoms with E-state index in [4.69, 9.17) is 0 Å². The molecule has 0 radical (unpaired) electrons. The highest BCUT2D eigenvalue weighted by Gasteiger charge is 2.46. The van der Waals surface area contributed by atoms with E-state index in [1.165, 1.54) is 23.0 Å². The molecule has 9 nitrogen and oxygen atoms in total. The minimum atomic E-state index is -2.94. The number of nitrogens with zero attached hydrogens (tertiary/aromatic N) is 5. The van der Waals surface area contributed by atoms with E-state index >= 15 is 0 Å². The van der Waals surface area contributed by atoms with Crippen molar-refractivity contribution in [2.24, 2.45) is 5.92 Å². The van der Waals surface area contributed by atoms with Gasteiger partial charge in [0.15, 0.2) is 5.65 Å². The van der Waals surface area contributed by atoms with Gasteiger partial charge in [-0.15, -0.1) is 0 Å². The van der Waals surface area contributed by atoms with Gasteiger partial charge >= 0.3 is 0 Å². The van der Waals surface area contributed by atoms with Crippen LogP contribution in [-0.4, -0.2) is 48.5 Å². The first-order valence-corrected chi connectivity index (χ1v) is 11.1. The lowest BCUT2D eigenvalue weighted by molar-refractivity contribution is -0.135. The van der Waals surface area contributed by atoms with Gasteiger partial charge in [0.2, 0.25) is 11.8 Å². The van der Waals surface area contributed by atoms with Gasteiger partial charge < -0.3 is 10.6 Å². The third kappa shape index (κ3) is 5.60. The highest BCUT2D eigenvalue weighted by molar-refractivity contribution is 5.92. The first-order valence-electron chi connectivity index (χ1n) is 11.1. The third-order valence-corrected chi connectivity index (χ3v) is 5.79. The zero-order valence-electron chi connectivity index (χ0n) is 19.1. The standard InChI is InChI=1S/C22H25F4N7O2/c1-12(2)33-16(3-4-28-33)21(35)27-10-15-11-32-17(30-15)6-14(9-29-32)19(20(23)24)31-18(34)5-13-7-22(25,26)8-13/h3-4,6,9,11-13,19-20H,5,7-8,10H2,1-2H3,(H,27,35)(H,31,34). The van der Waals surface area contributed by atoms with E-state index in [0.717, 1.165) is 0 Å². The van der Waals surface area contributed by atoms with Gasteiger partial charge in [0, 0.05) is 37.1 Å². The topological polar surface area (TPSA) is 106 Å². The summed E-state index contributed by atoms with van der Waals surface area (Å²) in [6.07, 6.45) is 0.257. The number of carbonyl (C=O) groups is 2. The van der Waals surface area contributed by atoms with E-state index in [2.05, 4.69) is 25.8 Å². The van der Waals surface area contributed by atoms with E-state index in [9.17, 15) is 27.2 Å². The maximum absolute atomic E-state index is 13.7. The molecule has 3 aromatic rings. The van der Waals surface area contributed by atoms with Gasteiger partial charge in [0.25, 0.3) is 12.3 Å². The van der Waals surface area contributed by atoms with E-state index in [1.807, 2.05) is 13.8 Å². The second-order valence-electron chi connectivity index (χ2n) is 8.98. The Morgan fingerprint density at radius 2 is 1.97 bits per heavy atom. The van der Waals surface area contributed by atoms with Crippen molar-refractivity contribution in [3.8, 4) is 0 Å². The van der Waals surface area contributed by atoms with Gasteiger partial charge in [0.1, 0.15) is 11.7 Å². The molecular weight excluding hydrogens is 470 g/mol. The molecule has 1 aliphatic carbocycles. The molecule has 2 amide bonds. The Labute approximate surface area is 197 Å². The second-order valence-corrected chi connectivity index (χ2v) is 8.98. The highest BCUT2D eigenvalue weighted by atomic mass is 19.3. The molecule has 35 heavy (non-hydrogen) atoms. The lowest BCUT2D eigenvalue weighted by Gasteiger charge is -2.34. The third-order valence-electron chi connectivity index (χ3n) is 5.79. The van der Waals surface area contributed by atoms with E-state index in [1.54, 1.807) is 16.9 Å². The summed E-state index contributed by atoms with van der Waals surface area (Å²) in [5.74, 6) is -4.36. The maximum Gasteiger partial charge on any atom is 0.269 e. The van der Waals surface area contributed by atoms with Gasteiger partial charge in [-0.2, -0.15) is 10.2 Å². The summed E-state index contributed by atoms with van der Waals surface area (Å²) >= 11 is 0. The Bertz CT molecular complexity index is 1220. The maximum atomic E-state index is 13.7. The number of carbonyl (C=O) groups excluding carboxylic acids is 2. The van der Waals surface area contributed by atoms with Gasteiger partial charge in [-0.05, 0) is 31.9 Å². The fraction of sp³-hybridized carbons (Fsp3) is 0.500. The van der Waals surface area contributed by atoms with Crippen molar-refractivity contribution in [2.75, 3.05) is 0 Å². The molecule has 1 atom stereocenters. The van der Waals surface area contributed by atoms with E-state index in [-0.39, 0.29) is 36.1 Å². The summed E-state index contributed by atoms with van der Waals surface area (Å²) in [6, 6.07) is 1.31. The van der Waals surface area contributed by atoms with Crippen molar-refractivity contribution in [3.05, 3.63) is 47.7 Å². The molecule has 2 N–H and O–H groups in total. The van der Waals surface area contributed by atoms with Crippen molar-refractivity contribution in [1.29, 1.82) is 0 Å². The highest BCUT2D eigenvalue weighted by Crippen LogP contribution is 2.44. The van der Waals surface area contributed by atoms with Crippen LogP contribution in [0.2, 0.25) is 0 Å². The van der Waals surface area contributed by atoms with Crippen LogP contribution in [-0.2, 0) is 11.3 Å². The monoisotopic (exact) mass is 495 g/mol. The van der Waals surface area contributed by atoms with Gasteiger partial charge in [-0.1, -0.05) is 0 Å². The van der Waals surface area contributed by atoms with Crippen LogP contribution in [0.15, 0.2) is 30.7 Å². The summed E-state index contributed by atoms with van der Waals surface area (Å²) in [5, 5.41) is 13.2. The molecule has 3 heterocycles. The molecule has 1 unspecified atom stereocenters. The number of amides is 2. The number of fused-ring (bicyclic) bond motifs is 1. The quantitative estimate of drug-likeness (QED) is 0.443. The summed E-state index contributed by atoms with van der Waals surface area (Å²) in [4.78, 5) is 29.0. The van der Waals surface area contributed by atoms with E-state index < -0.39 is 43.1 Å². The van der Waals surface area contributed by atoms with Crippen LogP contribution >= 0.6 is 0 Å². The molecule has 0 saturated heterocycles. The molecule has 13 heteroatoms. The molecule has 0 aromatic carbocycles. The number of halogens is 4. The van der Waals surface area contributed by atoms with Crippen LogP contribution in [0.3, 0.4) is 0 Å². The van der Waals surface area contributed by atoms with Crippen molar-refractivity contribution in [1.82, 2.24) is 35.0 Å². The van der Waals surface area contributed by atoms with Crippen molar-refractivity contribution < 1.29 is 27.2 Å². The molecule has 3 aromatic heterocycles. The summed E-state index contributed by atoms with van der Waals surface area (Å²) < 4.78 is 56.3. The second kappa shape index (κ2) is 9.62. The zero-order chi connectivity index (χ0) is 25.3. The van der Waals surface area contributed by atoms with Crippen molar-refractivity contribution in [3.63, 3.8) is 0 Å². The average molecular weight is 495 g/mol. The Hall–Kier alpha value is -3.51. The van der Waals surface area contributed by atoms with Crippen molar-refractivity contribution in [2.45, 2.75) is 64.1 Å². The number of imidazole rings is 1. The normalized spacial score (nSPS) is 16.5. The first kappa shape index (κ1) is 24.6. The molecule has 1 aliphatic rings. The van der Waals surface area contributed by atoms with Gasteiger partial charge in [0.05, 0.1) is 24.6 Å². The number of hydrogen-bond donors (Lipinski definition) is 2. The molecule has 188 valence electrons. The lowest BCUT2D eigenvalue weighted by atomic mass is 9.79. The average Bonchev–Trinajstić information content (AvgIpc) is 3.40. The molecule has 0 bridgehead atoms. The minimum absolute atomic E-state index is 0.00139. The number of rotatable bonds is 9. The van der Waals surface area contributed by atoms with Crippen LogP contribution in [0, 0.1) is 5.92 Å². The lowest BCUT2D eigenvalue weighted by Crippen LogP contribution is -2.40. The van der Waals surface area contributed by atoms with Gasteiger partial charge in [-0.25, -0.2) is 27.1 Å². The molecule has 0 aliphatic heterocycles. The summed E-state index contributed by atoms with van der Waals surface area (Å²) in [6.45, 7) is 3.87. The SMILES string of the molecule is CC(C)n1nccc1C(=O)NCc1cn2ncc(C(NC(=O)CC3CC(F)(F)C3)C(F)F)cc2n1. The van der Waals surface area contributed by atoms with Crippen molar-refractivity contribution >= 4 is 17.5 Å². The Morgan fingerprint density at radius 1 is 1.23 bits per heavy atom. The number of hydrogen-bond acceptors (Lipinski definition) is 5. The fourth-order valence-corrected chi connectivity index (χ4v) is 4.08.